The molecule has 0 saturated carbocycles. The highest BCUT2D eigenvalue weighted by atomic mass is 79.9. The van der Waals surface area contributed by atoms with Crippen LogP contribution in [0.4, 0.5) is 5.69 Å². The lowest BCUT2D eigenvalue weighted by molar-refractivity contribution is -0.118. The number of rotatable bonds is 4. The molecular formula is C10H13BrN2O2. The number of benzene rings is 1. The van der Waals surface area contributed by atoms with Gasteiger partial charge in [-0.3, -0.25) is 4.79 Å². The van der Waals surface area contributed by atoms with Gasteiger partial charge in [0.2, 0.25) is 5.91 Å². The number of nitrogens with one attached hydrogen (secondary N) is 1. The second-order valence-electron chi connectivity index (χ2n) is 3.15. The largest absolute Gasteiger partial charge is 0.497 e. The van der Waals surface area contributed by atoms with Crippen LogP contribution in [0.2, 0.25) is 0 Å². The molecule has 0 heterocycles. The van der Waals surface area contributed by atoms with Crippen LogP contribution in [0.3, 0.4) is 0 Å². The summed E-state index contributed by atoms with van der Waals surface area (Å²) in [5.41, 5.74) is 5.93. The summed E-state index contributed by atoms with van der Waals surface area (Å²) in [7, 11) is 1.59. The first kappa shape index (κ1) is 11.8. The smallest absolute Gasteiger partial charge is 0.239 e. The van der Waals surface area contributed by atoms with E-state index in [1.54, 1.807) is 20.1 Å². The van der Waals surface area contributed by atoms with Crippen LogP contribution in [0.5, 0.6) is 5.75 Å². The molecule has 0 fully saturated rings. The number of nitrogens with two attached hydrogens (primary N) is 1. The van der Waals surface area contributed by atoms with Crippen molar-refractivity contribution in [1.29, 1.82) is 0 Å². The van der Waals surface area contributed by atoms with Gasteiger partial charge in [0.25, 0.3) is 0 Å². The topological polar surface area (TPSA) is 64.3 Å². The zero-order chi connectivity index (χ0) is 11.4. The molecule has 5 heteroatoms. The second-order valence-corrected chi connectivity index (χ2v) is 4.06. The molecule has 0 aliphatic carbocycles. The lowest BCUT2D eigenvalue weighted by Crippen LogP contribution is -2.32. The first-order valence-electron chi connectivity index (χ1n) is 4.43. The Bertz CT molecular complexity index is 368. The van der Waals surface area contributed by atoms with Gasteiger partial charge >= 0.3 is 0 Å². The van der Waals surface area contributed by atoms with Crippen LogP contribution in [-0.2, 0) is 4.79 Å². The van der Waals surface area contributed by atoms with Crippen LogP contribution in [0.25, 0.3) is 0 Å². The van der Waals surface area contributed by atoms with E-state index in [1.807, 2.05) is 12.1 Å². The molecule has 1 unspecified atom stereocenters. The van der Waals surface area contributed by atoms with Gasteiger partial charge in [-0.1, -0.05) is 15.9 Å². The third-order valence-electron chi connectivity index (χ3n) is 1.92. The van der Waals surface area contributed by atoms with Gasteiger partial charge < -0.3 is 15.8 Å². The standard InChI is InChI=1S/C10H13BrN2O2/c1-6(10(12)14)13-8-3-7(11)4-9(5-8)15-2/h3-6,13H,1-2H3,(H2,12,14). The highest BCUT2D eigenvalue weighted by molar-refractivity contribution is 9.10. The summed E-state index contributed by atoms with van der Waals surface area (Å²) >= 11 is 3.34. The Balaban J connectivity index is 2.85. The van der Waals surface area contributed by atoms with Crippen LogP contribution in [-0.4, -0.2) is 19.1 Å². The van der Waals surface area contributed by atoms with Gasteiger partial charge in [-0.05, 0) is 19.1 Å². The Hall–Kier alpha value is -1.23. The van der Waals surface area contributed by atoms with Crippen molar-refractivity contribution in [3.63, 3.8) is 0 Å². The van der Waals surface area contributed by atoms with E-state index in [0.717, 1.165) is 10.2 Å². The molecule has 0 aliphatic heterocycles. The van der Waals surface area contributed by atoms with Crippen molar-refractivity contribution in [2.24, 2.45) is 5.73 Å². The minimum Gasteiger partial charge on any atom is -0.497 e. The Labute approximate surface area is 96.9 Å². The Kier molecular flexibility index (Phi) is 3.96. The van der Waals surface area contributed by atoms with Gasteiger partial charge in [-0.15, -0.1) is 0 Å². The maximum Gasteiger partial charge on any atom is 0.239 e. The number of anilines is 1. The number of hydrogen-bond acceptors (Lipinski definition) is 3. The summed E-state index contributed by atoms with van der Waals surface area (Å²) < 4.78 is 5.97. The molecule has 1 aromatic carbocycles. The average molecular weight is 273 g/mol. The molecule has 3 N–H and O–H groups in total. The molecule has 0 spiro atoms. The quantitative estimate of drug-likeness (QED) is 0.878. The first-order valence-corrected chi connectivity index (χ1v) is 5.22. The summed E-state index contributed by atoms with van der Waals surface area (Å²) in [6.45, 7) is 1.70. The van der Waals surface area contributed by atoms with Crippen LogP contribution >= 0.6 is 15.9 Å². The average Bonchev–Trinajstić information content (AvgIpc) is 2.16. The van der Waals surface area contributed by atoms with E-state index >= 15 is 0 Å². The van der Waals surface area contributed by atoms with E-state index in [9.17, 15) is 4.79 Å². The highest BCUT2D eigenvalue weighted by Gasteiger charge is 2.08. The van der Waals surface area contributed by atoms with Crippen molar-refractivity contribution < 1.29 is 9.53 Å². The maximum absolute atomic E-state index is 10.9. The number of amides is 1. The zero-order valence-electron chi connectivity index (χ0n) is 8.58. The summed E-state index contributed by atoms with van der Waals surface area (Å²) in [5.74, 6) is 0.317. The van der Waals surface area contributed by atoms with Gasteiger partial charge in [0.05, 0.1) is 7.11 Å². The Morgan fingerprint density at radius 2 is 2.20 bits per heavy atom. The number of hydrogen-bond donors (Lipinski definition) is 2. The number of carbonyl (C=O) groups is 1. The molecule has 4 nitrogen and oxygen atoms in total. The van der Waals surface area contributed by atoms with Gasteiger partial charge in [-0.25, -0.2) is 0 Å². The maximum atomic E-state index is 10.9. The predicted octanol–water partition coefficient (Wildman–Crippen LogP) is 1.74. The molecular weight excluding hydrogens is 260 g/mol. The van der Waals surface area contributed by atoms with Gasteiger partial charge in [-0.2, -0.15) is 0 Å². The summed E-state index contributed by atoms with van der Waals surface area (Å²) in [6, 6.07) is 5.07. The van der Waals surface area contributed by atoms with Crippen molar-refractivity contribution in [2.45, 2.75) is 13.0 Å². The van der Waals surface area contributed by atoms with Crippen LogP contribution in [0.1, 0.15) is 6.92 Å². The molecule has 1 amide bonds. The van der Waals surface area contributed by atoms with Crippen molar-refractivity contribution >= 4 is 27.5 Å². The minimum absolute atomic E-state index is 0.394. The fourth-order valence-corrected chi connectivity index (χ4v) is 1.56. The van der Waals surface area contributed by atoms with Crippen molar-refractivity contribution in [1.82, 2.24) is 0 Å². The van der Waals surface area contributed by atoms with E-state index < -0.39 is 11.9 Å². The Morgan fingerprint density at radius 3 is 2.73 bits per heavy atom. The molecule has 1 aromatic rings. The van der Waals surface area contributed by atoms with Crippen LogP contribution in [0, 0.1) is 0 Å². The summed E-state index contributed by atoms with van der Waals surface area (Å²) in [4.78, 5) is 10.9. The Morgan fingerprint density at radius 1 is 1.53 bits per heavy atom. The van der Waals surface area contributed by atoms with Crippen molar-refractivity contribution in [3.05, 3.63) is 22.7 Å². The van der Waals surface area contributed by atoms with E-state index in [0.29, 0.717) is 5.75 Å². The number of carbonyl (C=O) groups excluding carboxylic acids is 1. The fraction of sp³-hybridized carbons (Fsp3) is 0.300. The molecule has 0 aromatic heterocycles. The van der Waals surface area contributed by atoms with Gasteiger partial charge in [0, 0.05) is 16.2 Å². The fourth-order valence-electron chi connectivity index (χ4n) is 1.09. The number of ether oxygens (including phenoxy) is 1. The second kappa shape index (κ2) is 5.02. The number of primary amides is 1. The lowest BCUT2D eigenvalue weighted by Gasteiger charge is -2.13. The normalized spacial score (nSPS) is 11.9. The number of methoxy groups -OCH3 is 1. The third-order valence-corrected chi connectivity index (χ3v) is 2.37. The van der Waals surface area contributed by atoms with Gasteiger partial charge in [0.1, 0.15) is 11.8 Å². The molecule has 1 atom stereocenters. The molecule has 0 radical (unpaired) electrons. The third kappa shape index (κ3) is 3.43. The van der Waals surface area contributed by atoms with Crippen molar-refractivity contribution in [2.75, 3.05) is 12.4 Å². The van der Waals surface area contributed by atoms with E-state index in [4.69, 9.17) is 10.5 Å². The monoisotopic (exact) mass is 272 g/mol. The predicted molar refractivity (Wildman–Crippen MR) is 63.0 cm³/mol. The van der Waals surface area contributed by atoms with Crippen LogP contribution < -0.4 is 15.8 Å². The molecule has 0 bridgehead atoms. The molecule has 0 aliphatic rings. The lowest BCUT2D eigenvalue weighted by atomic mass is 10.2. The van der Waals surface area contributed by atoms with Crippen molar-refractivity contribution in [3.8, 4) is 5.75 Å². The SMILES string of the molecule is COc1cc(Br)cc(NC(C)C(N)=O)c1. The van der Waals surface area contributed by atoms with Gasteiger partial charge in [0.15, 0.2) is 0 Å². The first-order chi connectivity index (χ1) is 7.02. The molecule has 82 valence electrons. The van der Waals surface area contributed by atoms with E-state index in [1.165, 1.54) is 0 Å². The summed E-state index contributed by atoms with van der Waals surface area (Å²) in [5, 5.41) is 2.97. The summed E-state index contributed by atoms with van der Waals surface area (Å²) in [6.07, 6.45) is 0. The highest BCUT2D eigenvalue weighted by Crippen LogP contribution is 2.24. The molecule has 0 saturated heterocycles. The van der Waals surface area contributed by atoms with Crippen LogP contribution in [0.15, 0.2) is 22.7 Å². The molecule has 1 rings (SSSR count). The minimum atomic E-state index is -0.413. The van der Waals surface area contributed by atoms with E-state index in [-0.39, 0.29) is 0 Å². The number of halogens is 1. The zero-order valence-corrected chi connectivity index (χ0v) is 10.2. The molecule has 15 heavy (non-hydrogen) atoms. The van der Waals surface area contributed by atoms with E-state index in [2.05, 4.69) is 21.2 Å².